The molecule has 0 aliphatic carbocycles. The number of nitrogens with zero attached hydrogens (tertiary/aromatic N) is 1. The predicted molar refractivity (Wildman–Crippen MR) is 81.1 cm³/mol. The third kappa shape index (κ3) is 2.20. The zero-order valence-corrected chi connectivity index (χ0v) is 12.1. The van der Waals surface area contributed by atoms with Gasteiger partial charge in [-0.25, -0.2) is 0 Å². The number of nitrogens with one attached hydrogen (secondary N) is 1. The fourth-order valence-corrected chi connectivity index (χ4v) is 2.94. The Morgan fingerprint density at radius 2 is 2.05 bits per heavy atom. The number of fused-ring (bicyclic) bond motifs is 2. The fourth-order valence-electron chi connectivity index (χ4n) is 2.94. The minimum atomic E-state index is 0.242. The number of hydrogen-bond acceptors (Lipinski definition) is 4. The standard InChI is InChI=1S/C17H18N2O2/c1-11(12-4-7-16-17(9-12)21-10-20-16)13-5-6-14-15(19-13)3-2-8-18-14/h4-7,9,11,18H,2-3,8,10H2,1H3. The average molecular weight is 282 g/mol. The number of aromatic nitrogens is 1. The first-order valence-corrected chi connectivity index (χ1v) is 7.44. The Morgan fingerprint density at radius 3 is 3.00 bits per heavy atom. The van der Waals surface area contributed by atoms with E-state index in [9.17, 15) is 0 Å². The van der Waals surface area contributed by atoms with E-state index in [4.69, 9.17) is 14.5 Å². The van der Waals surface area contributed by atoms with Gasteiger partial charge in [0.15, 0.2) is 11.5 Å². The van der Waals surface area contributed by atoms with E-state index in [1.165, 1.54) is 16.9 Å². The van der Waals surface area contributed by atoms with Gasteiger partial charge < -0.3 is 14.8 Å². The smallest absolute Gasteiger partial charge is 0.231 e. The second kappa shape index (κ2) is 4.95. The van der Waals surface area contributed by atoms with Gasteiger partial charge in [-0.05, 0) is 42.7 Å². The summed E-state index contributed by atoms with van der Waals surface area (Å²) in [5.41, 5.74) is 4.68. The first-order chi connectivity index (χ1) is 10.3. The van der Waals surface area contributed by atoms with E-state index < -0.39 is 0 Å². The van der Waals surface area contributed by atoms with Crippen molar-refractivity contribution in [2.45, 2.75) is 25.7 Å². The molecule has 1 N–H and O–H groups in total. The molecule has 0 radical (unpaired) electrons. The minimum Gasteiger partial charge on any atom is -0.454 e. The third-order valence-electron chi connectivity index (χ3n) is 4.24. The van der Waals surface area contributed by atoms with Crippen LogP contribution in [0, 0.1) is 0 Å². The van der Waals surface area contributed by atoms with Gasteiger partial charge in [-0.1, -0.05) is 13.0 Å². The van der Waals surface area contributed by atoms with E-state index in [0.717, 1.165) is 36.6 Å². The summed E-state index contributed by atoms with van der Waals surface area (Å²) in [6.45, 7) is 3.55. The summed E-state index contributed by atoms with van der Waals surface area (Å²) in [5.74, 6) is 1.90. The first-order valence-electron chi connectivity index (χ1n) is 7.44. The van der Waals surface area contributed by atoms with Gasteiger partial charge in [-0.3, -0.25) is 4.98 Å². The molecule has 4 rings (SSSR count). The normalized spacial score (nSPS) is 17.0. The molecule has 3 heterocycles. The summed E-state index contributed by atoms with van der Waals surface area (Å²) in [6.07, 6.45) is 2.21. The highest BCUT2D eigenvalue weighted by molar-refractivity contribution is 5.52. The Kier molecular flexibility index (Phi) is 2.95. The second-order valence-corrected chi connectivity index (χ2v) is 5.60. The van der Waals surface area contributed by atoms with E-state index in [-0.39, 0.29) is 5.92 Å². The van der Waals surface area contributed by atoms with Crippen molar-refractivity contribution in [2.75, 3.05) is 18.7 Å². The van der Waals surface area contributed by atoms with Gasteiger partial charge >= 0.3 is 0 Å². The van der Waals surface area contributed by atoms with Gasteiger partial charge in [0.25, 0.3) is 0 Å². The van der Waals surface area contributed by atoms with Gasteiger partial charge in [0, 0.05) is 18.2 Å². The van der Waals surface area contributed by atoms with Crippen LogP contribution in [0.5, 0.6) is 11.5 Å². The highest BCUT2D eigenvalue weighted by Crippen LogP contribution is 2.36. The number of ether oxygens (including phenoxy) is 2. The maximum Gasteiger partial charge on any atom is 0.231 e. The number of aryl methyl sites for hydroxylation is 1. The van der Waals surface area contributed by atoms with Crippen molar-refractivity contribution >= 4 is 5.69 Å². The van der Waals surface area contributed by atoms with Gasteiger partial charge in [0.1, 0.15) is 0 Å². The molecule has 21 heavy (non-hydrogen) atoms. The van der Waals surface area contributed by atoms with Crippen LogP contribution < -0.4 is 14.8 Å². The maximum absolute atomic E-state index is 5.46. The lowest BCUT2D eigenvalue weighted by Gasteiger charge is -2.20. The largest absolute Gasteiger partial charge is 0.454 e. The molecule has 0 spiro atoms. The van der Waals surface area contributed by atoms with Crippen molar-refractivity contribution in [2.24, 2.45) is 0 Å². The molecular formula is C17H18N2O2. The van der Waals surface area contributed by atoms with Crippen LogP contribution in [-0.2, 0) is 6.42 Å². The molecule has 108 valence electrons. The van der Waals surface area contributed by atoms with E-state index in [1.807, 2.05) is 6.07 Å². The van der Waals surface area contributed by atoms with Crippen LogP contribution in [-0.4, -0.2) is 18.3 Å². The number of benzene rings is 1. The number of anilines is 1. The molecule has 0 fully saturated rings. The highest BCUT2D eigenvalue weighted by Gasteiger charge is 2.18. The Bertz CT molecular complexity index is 684. The van der Waals surface area contributed by atoms with Crippen LogP contribution in [0.15, 0.2) is 30.3 Å². The Morgan fingerprint density at radius 1 is 1.14 bits per heavy atom. The van der Waals surface area contributed by atoms with E-state index >= 15 is 0 Å². The molecule has 0 amide bonds. The van der Waals surface area contributed by atoms with Crippen molar-refractivity contribution in [3.8, 4) is 11.5 Å². The Hall–Kier alpha value is -2.23. The molecule has 1 aromatic carbocycles. The SMILES string of the molecule is CC(c1ccc2c(c1)OCO2)c1ccc2c(n1)CCCN2. The van der Waals surface area contributed by atoms with Gasteiger partial charge in [0.2, 0.25) is 6.79 Å². The molecule has 1 unspecified atom stereocenters. The van der Waals surface area contributed by atoms with Gasteiger partial charge in [-0.15, -0.1) is 0 Å². The molecule has 0 bridgehead atoms. The molecular weight excluding hydrogens is 264 g/mol. The lowest BCUT2D eigenvalue weighted by molar-refractivity contribution is 0.174. The quantitative estimate of drug-likeness (QED) is 0.917. The molecule has 4 heteroatoms. The maximum atomic E-state index is 5.46. The lowest BCUT2D eigenvalue weighted by Crippen LogP contribution is -2.14. The Labute approximate surface area is 124 Å². The zero-order valence-electron chi connectivity index (χ0n) is 12.1. The molecule has 0 saturated carbocycles. The number of rotatable bonds is 2. The van der Waals surface area contributed by atoms with Crippen LogP contribution in [0.1, 0.15) is 36.2 Å². The van der Waals surface area contributed by atoms with E-state index in [0.29, 0.717) is 6.79 Å². The summed E-state index contributed by atoms with van der Waals surface area (Å²) >= 11 is 0. The molecule has 0 saturated heterocycles. The minimum absolute atomic E-state index is 0.242. The zero-order chi connectivity index (χ0) is 14.2. The van der Waals surface area contributed by atoms with Crippen molar-refractivity contribution in [3.05, 3.63) is 47.3 Å². The first kappa shape index (κ1) is 12.5. The Balaban J connectivity index is 1.66. The summed E-state index contributed by atoms with van der Waals surface area (Å²) < 4.78 is 10.8. The highest BCUT2D eigenvalue weighted by atomic mass is 16.7. The van der Waals surface area contributed by atoms with Crippen molar-refractivity contribution < 1.29 is 9.47 Å². The second-order valence-electron chi connectivity index (χ2n) is 5.60. The summed E-state index contributed by atoms with van der Waals surface area (Å²) in [4.78, 5) is 4.85. The predicted octanol–water partition coefficient (Wildman–Crippen LogP) is 3.32. The molecule has 1 aromatic heterocycles. The summed E-state index contributed by atoms with van der Waals surface area (Å²) in [6, 6.07) is 10.4. The summed E-state index contributed by atoms with van der Waals surface area (Å²) in [7, 11) is 0. The van der Waals surface area contributed by atoms with E-state index in [1.54, 1.807) is 0 Å². The summed E-state index contributed by atoms with van der Waals surface area (Å²) in [5, 5.41) is 3.40. The lowest BCUT2D eigenvalue weighted by atomic mass is 9.96. The van der Waals surface area contributed by atoms with Crippen LogP contribution in [0.3, 0.4) is 0 Å². The monoisotopic (exact) mass is 282 g/mol. The van der Waals surface area contributed by atoms with Crippen LogP contribution >= 0.6 is 0 Å². The molecule has 1 atom stereocenters. The number of pyridine rings is 1. The van der Waals surface area contributed by atoms with Crippen LogP contribution in [0.25, 0.3) is 0 Å². The third-order valence-corrected chi connectivity index (χ3v) is 4.24. The van der Waals surface area contributed by atoms with Crippen LogP contribution in [0.2, 0.25) is 0 Å². The number of hydrogen-bond donors (Lipinski definition) is 1. The van der Waals surface area contributed by atoms with Gasteiger partial charge in [0.05, 0.1) is 11.4 Å². The fraction of sp³-hybridized carbons (Fsp3) is 0.353. The topological polar surface area (TPSA) is 43.4 Å². The molecule has 2 aliphatic rings. The molecule has 2 aliphatic heterocycles. The van der Waals surface area contributed by atoms with Crippen molar-refractivity contribution in [1.82, 2.24) is 4.98 Å². The van der Waals surface area contributed by atoms with Crippen molar-refractivity contribution in [3.63, 3.8) is 0 Å². The average Bonchev–Trinajstić information content (AvgIpc) is 3.01. The van der Waals surface area contributed by atoms with Crippen LogP contribution in [0.4, 0.5) is 5.69 Å². The van der Waals surface area contributed by atoms with Crippen molar-refractivity contribution in [1.29, 1.82) is 0 Å². The molecule has 4 nitrogen and oxygen atoms in total. The molecule has 2 aromatic rings. The van der Waals surface area contributed by atoms with E-state index in [2.05, 4.69) is 36.5 Å². The van der Waals surface area contributed by atoms with Gasteiger partial charge in [-0.2, -0.15) is 0 Å².